The van der Waals surface area contributed by atoms with Crippen LogP contribution in [-0.2, 0) is 16.2 Å². The van der Waals surface area contributed by atoms with Gasteiger partial charge in [0.15, 0.2) is 0 Å². The molecule has 1 fully saturated rings. The zero-order valence-electron chi connectivity index (χ0n) is 18.0. The van der Waals surface area contributed by atoms with E-state index in [9.17, 15) is 9.59 Å². The van der Waals surface area contributed by atoms with Crippen molar-refractivity contribution in [1.29, 1.82) is 0 Å². The number of rotatable bonds is 7. The van der Waals surface area contributed by atoms with Gasteiger partial charge in [-0.1, -0.05) is 53.0 Å². The van der Waals surface area contributed by atoms with Gasteiger partial charge in [0.25, 0.3) is 0 Å². The van der Waals surface area contributed by atoms with Crippen molar-refractivity contribution in [3.63, 3.8) is 0 Å². The van der Waals surface area contributed by atoms with E-state index in [1.807, 2.05) is 49.4 Å². The number of amides is 2. The first-order valence-corrected chi connectivity index (χ1v) is 11.2. The lowest BCUT2D eigenvalue weighted by Crippen LogP contribution is -2.36. The summed E-state index contributed by atoms with van der Waals surface area (Å²) in [6.07, 6.45) is 0.173. The van der Waals surface area contributed by atoms with Crippen LogP contribution in [0.25, 0.3) is 0 Å². The van der Waals surface area contributed by atoms with Crippen LogP contribution in [0, 0.1) is 12.8 Å². The molecule has 2 N–H and O–H groups in total. The molecule has 1 atom stereocenters. The number of nitrogens with zero attached hydrogens (tertiary/aromatic N) is 1. The predicted octanol–water partition coefficient (Wildman–Crippen LogP) is 5.38. The van der Waals surface area contributed by atoms with Crippen LogP contribution in [0.15, 0.2) is 66.7 Å². The largest absolute Gasteiger partial charge is 0.489 e. The summed E-state index contributed by atoms with van der Waals surface area (Å²) in [5.74, 6) is -0.118. The van der Waals surface area contributed by atoms with E-state index in [1.54, 1.807) is 29.2 Å². The Balaban J connectivity index is 1.31. The Bertz CT molecular complexity index is 1170. The maximum atomic E-state index is 12.6. The van der Waals surface area contributed by atoms with Crippen molar-refractivity contribution in [3.05, 3.63) is 87.9 Å². The molecule has 33 heavy (non-hydrogen) atoms. The highest BCUT2D eigenvalue weighted by Gasteiger charge is 2.35. The maximum absolute atomic E-state index is 12.6. The topological polar surface area (TPSA) is 70.7 Å². The van der Waals surface area contributed by atoms with Crippen LogP contribution in [0.5, 0.6) is 5.75 Å². The Morgan fingerprint density at radius 1 is 1.09 bits per heavy atom. The predicted molar refractivity (Wildman–Crippen MR) is 131 cm³/mol. The molecule has 1 saturated heterocycles. The molecule has 6 nitrogen and oxygen atoms in total. The first-order chi connectivity index (χ1) is 15.9. The first-order valence-electron chi connectivity index (χ1n) is 10.5. The van der Waals surface area contributed by atoms with Gasteiger partial charge in [-0.3, -0.25) is 20.4 Å². The summed E-state index contributed by atoms with van der Waals surface area (Å²) in [5.41, 5.74) is 9.00. The molecule has 0 aliphatic carbocycles. The van der Waals surface area contributed by atoms with Crippen molar-refractivity contribution < 1.29 is 14.3 Å². The third-order valence-corrected chi connectivity index (χ3v) is 6.00. The van der Waals surface area contributed by atoms with E-state index >= 15 is 0 Å². The number of carbonyl (C=O) groups excluding carboxylic acids is 2. The SMILES string of the molecule is Cc1ccc(N2C[C@@H](C(=O)NNc3cccc(OCc4ccc(Cl)cc4Cl)c3)CC2=O)cc1. The zero-order valence-corrected chi connectivity index (χ0v) is 19.5. The van der Waals surface area contributed by atoms with Gasteiger partial charge in [-0.05, 0) is 43.3 Å². The molecule has 4 rings (SSSR count). The van der Waals surface area contributed by atoms with Gasteiger partial charge in [-0.25, -0.2) is 0 Å². The summed E-state index contributed by atoms with van der Waals surface area (Å²) < 4.78 is 5.81. The van der Waals surface area contributed by atoms with Crippen LogP contribution in [0.2, 0.25) is 10.0 Å². The van der Waals surface area contributed by atoms with Crippen molar-refractivity contribution >= 4 is 46.4 Å². The molecular formula is C25H23Cl2N3O3. The van der Waals surface area contributed by atoms with Crippen molar-refractivity contribution in [1.82, 2.24) is 5.43 Å². The van der Waals surface area contributed by atoms with Gasteiger partial charge in [0.2, 0.25) is 11.8 Å². The molecule has 1 aliphatic heterocycles. The van der Waals surface area contributed by atoms with Crippen LogP contribution in [-0.4, -0.2) is 18.4 Å². The molecule has 3 aromatic carbocycles. The van der Waals surface area contributed by atoms with E-state index in [-0.39, 0.29) is 24.8 Å². The van der Waals surface area contributed by atoms with E-state index in [0.29, 0.717) is 28.0 Å². The lowest BCUT2D eigenvalue weighted by Gasteiger charge is -2.17. The number of hydrogen-bond acceptors (Lipinski definition) is 4. The van der Waals surface area contributed by atoms with E-state index < -0.39 is 5.92 Å². The van der Waals surface area contributed by atoms with Gasteiger partial charge in [-0.2, -0.15) is 0 Å². The third kappa shape index (κ3) is 5.78. The van der Waals surface area contributed by atoms with Gasteiger partial charge in [0, 0.05) is 40.3 Å². The summed E-state index contributed by atoms with van der Waals surface area (Å²) in [6.45, 7) is 2.62. The fourth-order valence-corrected chi connectivity index (χ4v) is 4.02. The smallest absolute Gasteiger partial charge is 0.243 e. The summed E-state index contributed by atoms with van der Waals surface area (Å²) in [6, 6.07) is 20.1. The van der Waals surface area contributed by atoms with E-state index in [1.165, 1.54) is 0 Å². The first kappa shape index (κ1) is 23.0. The molecule has 0 bridgehead atoms. The molecule has 0 spiro atoms. The number of aryl methyl sites for hydroxylation is 1. The minimum Gasteiger partial charge on any atom is -0.489 e. The van der Waals surface area contributed by atoms with E-state index in [2.05, 4.69) is 10.9 Å². The van der Waals surface area contributed by atoms with Crippen LogP contribution >= 0.6 is 23.2 Å². The van der Waals surface area contributed by atoms with Crippen molar-refractivity contribution in [2.75, 3.05) is 16.9 Å². The number of carbonyl (C=O) groups is 2. The highest BCUT2D eigenvalue weighted by atomic mass is 35.5. The van der Waals surface area contributed by atoms with Gasteiger partial charge in [0.05, 0.1) is 11.6 Å². The molecule has 0 unspecified atom stereocenters. The minimum atomic E-state index is -0.433. The van der Waals surface area contributed by atoms with Crippen molar-refractivity contribution in [2.24, 2.45) is 5.92 Å². The quantitative estimate of drug-likeness (QED) is 0.442. The van der Waals surface area contributed by atoms with E-state index in [4.69, 9.17) is 27.9 Å². The molecule has 0 aromatic heterocycles. The van der Waals surface area contributed by atoms with Crippen LogP contribution in [0.4, 0.5) is 11.4 Å². The third-order valence-electron chi connectivity index (χ3n) is 5.41. The lowest BCUT2D eigenvalue weighted by atomic mass is 10.1. The van der Waals surface area contributed by atoms with Crippen LogP contribution < -0.4 is 20.5 Å². The minimum absolute atomic E-state index is 0.0599. The average molecular weight is 484 g/mol. The fourth-order valence-electron chi connectivity index (χ4n) is 3.56. The Hall–Kier alpha value is -3.22. The Morgan fingerprint density at radius 2 is 1.88 bits per heavy atom. The van der Waals surface area contributed by atoms with Gasteiger partial charge in [0.1, 0.15) is 12.4 Å². The Morgan fingerprint density at radius 3 is 2.64 bits per heavy atom. The average Bonchev–Trinajstić information content (AvgIpc) is 3.19. The zero-order chi connectivity index (χ0) is 23.4. The summed E-state index contributed by atoms with van der Waals surface area (Å²) in [5, 5.41) is 1.10. The summed E-state index contributed by atoms with van der Waals surface area (Å²) in [7, 11) is 0. The van der Waals surface area contributed by atoms with Gasteiger partial charge < -0.3 is 9.64 Å². The van der Waals surface area contributed by atoms with Gasteiger partial charge >= 0.3 is 0 Å². The standard InChI is InChI=1S/C25H23Cl2N3O3/c1-16-5-9-21(10-6-16)30-14-18(11-24(30)31)25(32)29-28-20-3-2-4-22(13-20)33-15-17-7-8-19(26)12-23(17)27/h2-10,12-13,18,28H,11,14-15H2,1H3,(H,29,32)/t18-/m0/s1. The van der Waals surface area contributed by atoms with Gasteiger partial charge in [-0.15, -0.1) is 0 Å². The number of nitrogens with one attached hydrogen (secondary N) is 2. The van der Waals surface area contributed by atoms with Crippen molar-refractivity contribution in [2.45, 2.75) is 20.0 Å². The molecule has 3 aromatic rings. The lowest BCUT2D eigenvalue weighted by molar-refractivity contribution is -0.125. The Kier molecular flexibility index (Phi) is 7.06. The normalized spacial score (nSPS) is 15.4. The number of halogens is 2. The summed E-state index contributed by atoms with van der Waals surface area (Å²) >= 11 is 12.1. The van der Waals surface area contributed by atoms with Crippen LogP contribution in [0.1, 0.15) is 17.5 Å². The molecule has 2 amide bonds. The number of ether oxygens (including phenoxy) is 1. The molecule has 1 heterocycles. The second kappa shape index (κ2) is 10.1. The van der Waals surface area contributed by atoms with Crippen LogP contribution in [0.3, 0.4) is 0 Å². The molecule has 0 saturated carbocycles. The highest BCUT2D eigenvalue weighted by molar-refractivity contribution is 6.35. The molecule has 1 aliphatic rings. The fraction of sp³-hybridized carbons (Fsp3) is 0.200. The summed E-state index contributed by atoms with van der Waals surface area (Å²) in [4.78, 5) is 26.7. The molecule has 0 radical (unpaired) electrons. The number of hydrazine groups is 1. The molecule has 170 valence electrons. The Labute approximate surface area is 202 Å². The maximum Gasteiger partial charge on any atom is 0.243 e. The molecule has 8 heteroatoms. The number of hydrogen-bond donors (Lipinski definition) is 2. The number of benzene rings is 3. The monoisotopic (exact) mass is 483 g/mol. The van der Waals surface area contributed by atoms with E-state index in [0.717, 1.165) is 16.8 Å². The number of anilines is 2. The van der Waals surface area contributed by atoms with Crippen molar-refractivity contribution in [3.8, 4) is 5.75 Å². The molecular weight excluding hydrogens is 461 g/mol. The second-order valence-corrected chi connectivity index (χ2v) is 8.75. The second-order valence-electron chi connectivity index (χ2n) is 7.91. The highest BCUT2D eigenvalue weighted by Crippen LogP contribution is 2.26.